The van der Waals surface area contributed by atoms with Crippen LogP contribution in [0.5, 0.6) is 0 Å². The number of piperidine rings is 1. The largest absolute Gasteiger partial charge is 0.369 e. The summed E-state index contributed by atoms with van der Waals surface area (Å²) in [6.45, 7) is 4.81. The van der Waals surface area contributed by atoms with Gasteiger partial charge in [-0.3, -0.25) is 9.79 Å². The number of carbonyl (C=O) groups is 1. The second-order valence-electron chi connectivity index (χ2n) is 7.17. The summed E-state index contributed by atoms with van der Waals surface area (Å²) in [6, 6.07) is 4.19. The summed E-state index contributed by atoms with van der Waals surface area (Å²) >= 11 is 0. The lowest BCUT2D eigenvalue weighted by Crippen LogP contribution is -2.40. The molecule has 7 heteroatoms. The van der Waals surface area contributed by atoms with Crippen LogP contribution in [0.2, 0.25) is 0 Å². The number of nitrogens with two attached hydrogens (primary N) is 1. The predicted molar refractivity (Wildman–Crippen MR) is 106 cm³/mol. The van der Waals surface area contributed by atoms with E-state index >= 15 is 0 Å². The first kappa shape index (κ1) is 20.3. The Morgan fingerprint density at radius 1 is 1.38 bits per heavy atom. The van der Waals surface area contributed by atoms with E-state index in [2.05, 4.69) is 57.1 Å². The molecule has 0 saturated carbocycles. The molecule has 1 aliphatic heterocycles. The number of carbonyl (C=O) groups excluding carboxylic acids is 1. The van der Waals surface area contributed by atoms with Crippen molar-refractivity contribution in [2.24, 2.45) is 23.7 Å². The van der Waals surface area contributed by atoms with Crippen LogP contribution in [-0.2, 0) is 18.4 Å². The maximum absolute atomic E-state index is 11.2. The third-order valence-corrected chi connectivity index (χ3v) is 5.20. The first-order chi connectivity index (χ1) is 12.5. The third kappa shape index (κ3) is 6.05. The van der Waals surface area contributed by atoms with Crippen molar-refractivity contribution in [3.63, 3.8) is 0 Å². The summed E-state index contributed by atoms with van der Waals surface area (Å²) in [5, 5.41) is 3.45. The molecule has 0 spiro atoms. The minimum atomic E-state index is -0.139. The summed E-state index contributed by atoms with van der Waals surface area (Å²) in [5.41, 5.74) is 6.65. The van der Waals surface area contributed by atoms with Gasteiger partial charge in [0.25, 0.3) is 0 Å². The Kier molecular flexibility index (Phi) is 7.97. The fourth-order valence-corrected chi connectivity index (χ4v) is 3.47. The highest BCUT2D eigenvalue weighted by molar-refractivity contribution is 5.79. The summed E-state index contributed by atoms with van der Waals surface area (Å²) in [5.74, 6) is 0.865. The normalized spacial score (nSPS) is 16.7. The van der Waals surface area contributed by atoms with Gasteiger partial charge in [0.2, 0.25) is 5.91 Å². The monoisotopic (exact) mass is 362 g/mol. The Labute approximate surface area is 157 Å². The van der Waals surface area contributed by atoms with Gasteiger partial charge in [-0.1, -0.05) is 0 Å². The third-order valence-electron chi connectivity index (χ3n) is 5.20. The highest BCUT2D eigenvalue weighted by Crippen LogP contribution is 2.16. The first-order valence-electron chi connectivity index (χ1n) is 9.55. The molecule has 1 aliphatic rings. The van der Waals surface area contributed by atoms with E-state index in [4.69, 9.17) is 5.73 Å². The van der Waals surface area contributed by atoms with Gasteiger partial charge in [0.15, 0.2) is 5.96 Å². The molecule has 1 aromatic rings. The van der Waals surface area contributed by atoms with E-state index in [0.717, 1.165) is 64.4 Å². The zero-order valence-corrected chi connectivity index (χ0v) is 16.4. The maximum atomic E-state index is 11.2. The predicted octanol–water partition coefficient (Wildman–Crippen LogP) is 1.01. The van der Waals surface area contributed by atoms with Crippen LogP contribution in [0.25, 0.3) is 0 Å². The minimum absolute atomic E-state index is 0.0796. The van der Waals surface area contributed by atoms with E-state index in [1.165, 1.54) is 5.69 Å². The number of hydrogen-bond donors (Lipinski definition) is 2. The number of aliphatic imine (C=N–C) groups is 1. The van der Waals surface area contributed by atoms with Crippen molar-refractivity contribution in [3.05, 3.63) is 24.0 Å². The Morgan fingerprint density at radius 2 is 2.12 bits per heavy atom. The number of likely N-dealkylation sites (tertiary alicyclic amines) is 1. The Hall–Kier alpha value is -2.02. The molecule has 3 N–H and O–H groups in total. The lowest BCUT2D eigenvalue weighted by molar-refractivity contribution is -0.123. The standard InChI is InChI=1S/C19H34N6O/c1-21-19(24(3)15-17-7-6-11-23(17)2)22-10-4-5-12-25-13-8-16(9-14-25)18(20)26/h6-7,11,16H,4-5,8-10,12-15H2,1-3H3,(H2,20,26)(H,21,22). The van der Waals surface area contributed by atoms with Crippen molar-refractivity contribution in [1.29, 1.82) is 0 Å². The van der Waals surface area contributed by atoms with E-state index in [9.17, 15) is 4.79 Å². The van der Waals surface area contributed by atoms with Crippen LogP contribution in [-0.4, -0.2) is 66.5 Å². The molecule has 0 aliphatic carbocycles. The average molecular weight is 363 g/mol. The van der Waals surface area contributed by atoms with Crippen molar-refractivity contribution in [3.8, 4) is 0 Å². The quantitative estimate of drug-likeness (QED) is 0.411. The van der Waals surface area contributed by atoms with Gasteiger partial charge in [0, 0.05) is 45.5 Å². The number of unbranched alkanes of at least 4 members (excludes halogenated alkanes) is 1. The van der Waals surface area contributed by atoms with E-state index in [0.29, 0.717) is 0 Å². The zero-order valence-electron chi connectivity index (χ0n) is 16.4. The number of aromatic nitrogens is 1. The van der Waals surface area contributed by atoms with E-state index < -0.39 is 0 Å². The minimum Gasteiger partial charge on any atom is -0.369 e. The van der Waals surface area contributed by atoms with Gasteiger partial charge < -0.3 is 25.4 Å². The molecule has 2 heterocycles. The van der Waals surface area contributed by atoms with Crippen LogP contribution >= 0.6 is 0 Å². The van der Waals surface area contributed by atoms with Gasteiger partial charge >= 0.3 is 0 Å². The summed E-state index contributed by atoms with van der Waals surface area (Å²) in [6.07, 6.45) is 6.12. The number of amides is 1. The molecule has 7 nitrogen and oxygen atoms in total. The van der Waals surface area contributed by atoms with Gasteiger partial charge in [-0.25, -0.2) is 0 Å². The highest BCUT2D eigenvalue weighted by atomic mass is 16.1. The molecule has 1 fully saturated rings. The summed E-state index contributed by atoms with van der Waals surface area (Å²) in [7, 11) is 5.95. The second-order valence-corrected chi connectivity index (χ2v) is 7.17. The molecule has 1 saturated heterocycles. The number of hydrogen-bond acceptors (Lipinski definition) is 3. The van der Waals surface area contributed by atoms with E-state index in [1.807, 2.05) is 7.05 Å². The highest BCUT2D eigenvalue weighted by Gasteiger charge is 2.22. The fourth-order valence-electron chi connectivity index (χ4n) is 3.47. The van der Waals surface area contributed by atoms with Crippen LogP contribution < -0.4 is 11.1 Å². The molecule has 0 radical (unpaired) electrons. The molecule has 1 amide bonds. The van der Waals surface area contributed by atoms with Crippen LogP contribution in [0, 0.1) is 5.92 Å². The molecule has 2 rings (SSSR count). The van der Waals surface area contributed by atoms with E-state index in [1.54, 1.807) is 0 Å². The lowest BCUT2D eigenvalue weighted by atomic mass is 9.96. The Bertz CT molecular complexity index is 589. The van der Waals surface area contributed by atoms with Crippen LogP contribution in [0.4, 0.5) is 0 Å². The molecular formula is C19H34N6O. The van der Waals surface area contributed by atoms with Crippen molar-refractivity contribution in [2.45, 2.75) is 32.2 Å². The zero-order chi connectivity index (χ0) is 18.9. The average Bonchev–Trinajstić information content (AvgIpc) is 3.03. The van der Waals surface area contributed by atoms with Crippen molar-refractivity contribution < 1.29 is 4.79 Å². The van der Waals surface area contributed by atoms with Gasteiger partial charge in [0.1, 0.15) is 0 Å². The molecule has 0 bridgehead atoms. The number of aryl methyl sites for hydroxylation is 1. The van der Waals surface area contributed by atoms with Crippen molar-refractivity contribution in [1.82, 2.24) is 19.7 Å². The Balaban J connectivity index is 1.61. The van der Waals surface area contributed by atoms with Gasteiger partial charge in [-0.05, 0) is 57.5 Å². The SMILES string of the molecule is CN=C(NCCCCN1CCC(C(N)=O)CC1)N(C)Cc1cccn1C. The number of nitrogens with one attached hydrogen (secondary N) is 1. The van der Waals surface area contributed by atoms with Crippen LogP contribution in [0.3, 0.4) is 0 Å². The molecule has 0 unspecified atom stereocenters. The van der Waals surface area contributed by atoms with Crippen LogP contribution in [0.1, 0.15) is 31.4 Å². The number of nitrogens with zero attached hydrogens (tertiary/aromatic N) is 4. The topological polar surface area (TPSA) is 78.9 Å². The number of rotatable bonds is 8. The lowest BCUT2D eigenvalue weighted by Gasteiger charge is -2.30. The van der Waals surface area contributed by atoms with Crippen molar-refractivity contribution in [2.75, 3.05) is 40.3 Å². The smallest absolute Gasteiger partial charge is 0.220 e. The molecule has 1 aromatic heterocycles. The number of primary amides is 1. The molecule has 26 heavy (non-hydrogen) atoms. The maximum Gasteiger partial charge on any atom is 0.220 e. The summed E-state index contributed by atoms with van der Waals surface area (Å²) in [4.78, 5) is 20.2. The second kappa shape index (κ2) is 10.2. The molecule has 0 aromatic carbocycles. The van der Waals surface area contributed by atoms with Crippen molar-refractivity contribution >= 4 is 11.9 Å². The van der Waals surface area contributed by atoms with E-state index in [-0.39, 0.29) is 11.8 Å². The fraction of sp³-hybridized carbons (Fsp3) is 0.684. The van der Waals surface area contributed by atoms with Gasteiger partial charge in [-0.15, -0.1) is 0 Å². The number of guanidine groups is 1. The first-order valence-corrected chi connectivity index (χ1v) is 9.55. The van der Waals surface area contributed by atoms with Gasteiger partial charge in [0.05, 0.1) is 6.54 Å². The van der Waals surface area contributed by atoms with Crippen LogP contribution in [0.15, 0.2) is 23.3 Å². The molecular weight excluding hydrogens is 328 g/mol. The molecule has 146 valence electrons. The summed E-state index contributed by atoms with van der Waals surface area (Å²) < 4.78 is 2.13. The molecule has 0 atom stereocenters. The Morgan fingerprint density at radius 3 is 2.69 bits per heavy atom. The van der Waals surface area contributed by atoms with Gasteiger partial charge in [-0.2, -0.15) is 0 Å².